The quantitative estimate of drug-likeness (QED) is 0.356. The lowest BCUT2D eigenvalue weighted by molar-refractivity contribution is -0.137. The smallest absolute Gasteiger partial charge is 0.404 e. The van der Waals surface area contributed by atoms with Crippen LogP contribution in [-0.2, 0) is 9.59 Å². The van der Waals surface area contributed by atoms with Gasteiger partial charge in [0, 0.05) is 6.54 Å². The molecule has 7 N–H and O–H groups in total. The summed E-state index contributed by atoms with van der Waals surface area (Å²) in [6.45, 7) is 0.304. The van der Waals surface area contributed by atoms with Crippen LogP contribution in [0.3, 0.4) is 0 Å². The standard InChI is InChI=1S/C15H26N4O4/c16-10(8-15-5-9(6-15)7-15)13(21)19-11(12(17)20)3-1-2-4-18-14(22)23/h9-11,18H,1-8,16H2,(H2,17,20)(H,19,21)(H,22,23)/t9?,10-,11-,15?/m0/s1. The molecular weight excluding hydrogens is 300 g/mol. The van der Waals surface area contributed by atoms with Gasteiger partial charge < -0.3 is 27.2 Å². The van der Waals surface area contributed by atoms with E-state index in [1.165, 1.54) is 19.3 Å². The van der Waals surface area contributed by atoms with Gasteiger partial charge in [0.05, 0.1) is 6.04 Å². The molecule has 8 nitrogen and oxygen atoms in total. The molecule has 0 aromatic carbocycles. The van der Waals surface area contributed by atoms with Crippen LogP contribution in [0.2, 0.25) is 0 Å². The molecular formula is C15H26N4O4. The molecule has 3 aliphatic carbocycles. The van der Waals surface area contributed by atoms with Gasteiger partial charge in [0.2, 0.25) is 11.8 Å². The summed E-state index contributed by atoms with van der Waals surface area (Å²) < 4.78 is 0. The van der Waals surface area contributed by atoms with E-state index in [-0.39, 0.29) is 11.3 Å². The van der Waals surface area contributed by atoms with Crippen LogP contribution < -0.4 is 22.1 Å². The predicted molar refractivity (Wildman–Crippen MR) is 83.4 cm³/mol. The highest BCUT2D eigenvalue weighted by molar-refractivity contribution is 5.88. The summed E-state index contributed by atoms with van der Waals surface area (Å²) in [5.74, 6) is -0.0903. The van der Waals surface area contributed by atoms with Gasteiger partial charge in [0.1, 0.15) is 6.04 Å². The lowest BCUT2D eigenvalue weighted by Gasteiger charge is -2.62. The second-order valence-electron chi connectivity index (χ2n) is 6.98. The number of nitrogens with one attached hydrogen (secondary N) is 2. The van der Waals surface area contributed by atoms with Crippen molar-refractivity contribution in [1.29, 1.82) is 0 Å². The molecule has 2 atom stereocenters. The zero-order valence-corrected chi connectivity index (χ0v) is 13.2. The van der Waals surface area contributed by atoms with E-state index in [1.807, 2.05) is 0 Å². The molecule has 0 spiro atoms. The third kappa shape index (κ3) is 4.57. The molecule has 0 aromatic rings. The number of carbonyl (C=O) groups excluding carboxylic acids is 2. The summed E-state index contributed by atoms with van der Waals surface area (Å²) in [5.41, 5.74) is 11.5. The van der Waals surface area contributed by atoms with E-state index in [0.717, 1.165) is 5.92 Å². The Labute approximate surface area is 135 Å². The summed E-state index contributed by atoms with van der Waals surface area (Å²) in [6, 6.07) is -1.36. The van der Waals surface area contributed by atoms with Crippen LogP contribution in [0.1, 0.15) is 44.9 Å². The SMILES string of the molecule is NC(=O)[C@H](CCCCNC(=O)O)NC(=O)[C@@H](N)CC12CC(C1)C2. The number of nitrogens with two attached hydrogens (primary N) is 2. The molecule has 130 valence electrons. The van der Waals surface area contributed by atoms with Gasteiger partial charge in [0.15, 0.2) is 0 Å². The van der Waals surface area contributed by atoms with Gasteiger partial charge in [-0.2, -0.15) is 0 Å². The molecule has 0 radical (unpaired) electrons. The first-order valence-electron chi connectivity index (χ1n) is 8.13. The fraction of sp³-hybridized carbons (Fsp3) is 0.800. The second kappa shape index (κ2) is 7.16. The van der Waals surface area contributed by atoms with Gasteiger partial charge in [-0.15, -0.1) is 0 Å². The Morgan fingerprint density at radius 1 is 1.22 bits per heavy atom. The number of unbranched alkanes of at least 4 members (excludes halogenated alkanes) is 1. The molecule has 3 fully saturated rings. The summed E-state index contributed by atoms with van der Waals surface area (Å²) in [6.07, 6.45) is 4.63. The maximum atomic E-state index is 12.1. The Balaban J connectivity index is 1.68. The minimum Gasteiger partial charge on any atom is -0.465 e. The first-order chi connectivity index (χ1) is 10.8. The largest absolute Gasteiger partial charge is 0.465 e. The molecule has 0 aromatic heterocycles. The monoisotopic (exact) mass is 326 g/mol. The number of rotatable bonds is 10. The van der Waals surface area contributed by atoms with Gasteiger partial charge >= 0.3 is 6.09 Å². The van der Waals surface area contributed by atoms with Crippen LogP contribution in [0, 0.1) is 11.3 Å². The molecule has 3 saturated carbocycles. The van der Waals surface area contributed by atoms with Gasteiger partial charge in [-0.1, -0.05) is 0 Å². The van der Waals surface area contributed by atoms with Gasteiger partial charge in [-0.25, -0.2) is 4.79 Å². The molecule has 3 aliphatic rings. The maximum absolute atomic E-state index is 12.1. The Hall–Kier alpha value is -1.83. The van der Waals surface area contributed by atoms with E-state index < -0.39 is 24.1 Å². The molecule has 2 bridgehead atoms. The molecule has 8 heteroatoms. The molecule has 0 saturated heterocycles. The van der Waals surface area contributed by atoms with E-state index in [0.29, 0.717) is 32.2 Å². The maximum Gasteiger partial charge on any atom is 0.404 e. The highest BCUT2D eigenvalue weighted by atomic mass is 16.4. The normalized spacial score (nSPS) is 27.1. The van der Waals surface area contributed by atoms with E-state index in [9.17, 15) is 14.4 Å². The number of primary amides is 1. The summed E-state index contributed by atoms with van der Waals surface area (Å²) in [5, 5.41) is 13.3. The number of carbonyl (C=O) groups is 3. The summed E-state index contributed by atoms with van der Waals surface area (Å²) in [4.78, 5) is 33.9. The highest BCUT2D eigenvalue weighted by Crippen LogP contribution is 2.66. The van der Waals surface area contributed by atoms with Crippen LogP contribution in [0.15, 0.2) is 0 Å². The van der Waals surface area contributed by atoms with Gasteiger partial charge in [-0.3, -0.25) is 9.59 Å². The van der Waals surface area contributed by atoms with Crippen molar-refractivity contribution < 1.29 is 19.5 Å². The number of hydrogen-bond donors (Lipinski definition) is 5. The lowest BCUT2D eigenvalue weighted by atomic mass is 9.43. The van der Waals surface area contributed by atoms with Crippen LogP contribution in [0.5, 0.6) is 0 Å². The topological polar surface area (TPSA) is 148 Å². The Bertz CT molecular complexity index is 465. The van der Waals surface area contributed by atoms with Crippen LogP contribution in [0.25, 0.3) is 0 Å². The highest BCUT2D eigenvalue weighted by Gasteiger charge is 2.56. The molecule has 0 aliphatic heterocycles. The van der Waals surface area contributed by atoms with Crippen molar-refractivity contribution in [1.82, 2.24) is 10.6 Å². The minimum absolute atomic E-state index is 0.270. The fourth-order valence-corrected chi connectivity index (χ4v) is 3.70. The van der Waals surface area contributed by atoms with E-state index in [4.69, 9.17) is 16.6 Å². The average Bonchev–Trinajstić information content (AvgIpc) is 2.38. The average molecular weight is 326 g/mol. The number of amides is 3. The molecule has 3 rings (SSSR count). The van der Waals surface area contributed by atoms with E-state index in [1.54, 1.807) is 0 Å². The van der Waals surface area contributed by atoms with Gasteiger partial charge in [0.25, 0.3) is 0 Å². The van der Waals surface area contributed by atoms with Crippen molar-refractivity contribution in [3.63, 3.8) is 0 Å². The zero-order chi connectivity index (χ0) is 17.0. The Morgan fingerprint density at radius 3 is 2.35 bits per heavy atom. The van der Waals surface area contributed by atoms with Crippen molar-refractivity contribution >= 4 is 17.9 Å². The molecule has 23 heavy (non-hydrogen) atoms. The van der Waals surface area contributed by atoms with Crippen LogP contribution in [0.4, 0.5) is 4.79 Å². The number of hydrogen-bond acceptors (Lipinski definition) is 4. The first kappa shape index (κ1) is 17.5. The Kier molecular flexibility index (Phi) is 5.46. The van der Waals surface area contributed by atoms with E-state index in [2.05, 4.69) is 10.6 Å². The van der Waals surface area contributed by atoms with Crippen molar-refractivity contribution in [2.24, 2.45) is 22.8 Å². The number of carboxylic acid groups (broad SMARTS) is 1. The third-order valence-electron chi connectivity index (χ3n) is 5.01. The molecule has 0 unspecified atom stereocenters. The fourth-order valence-electron chi connectivity index (χ4n) is 3.70. The Morgan fingerprint density at radius 2 is 1.87 bits per heavy atom. The zero-order valence-electron chi connectivity index (χ0n) is 13.2. The van der Waals surface area contributed by atoms with Crippen molar-refractivity contribution in [3.05, 3.63) is 0 Å². The van der Waals surface area contributed by atoms with Crippen molar-refractivity contribution in [3.8, 4) is 0 Å². The first-order valence-corrected chi connectivity index (χ1v) is 8.13. The molecule has 0 heterocycles. The van der Waals surface area contributed by atoms with Crippen LogP contribution >= 0.6 is 0 Å². The summed E-state index contributed by atoms with van der Waals surface area (Å²) in [7, 11) is 0. The lowest BCUT2D eigenvalue weighted by Crippen LogP contribution is -2.57. The van der Waals surface area contributed by atoms with Gasteiger partial charge in [-0.05, 0) is 56.3 Å². The predicted octanol–water partition coefficient (Wildman–Crippen LogP) is -0.0881. The van der Waals surface area contributed by atoms with E-state index >= 15 is 0 Å². The van der Waals surface area contributed by atoms with Crippen LogP contribution in [-0.4, -0.2) is 41.6 Å². The second-order valence-corrected chi connectivity index (χ2v) is 6.98. The minimum atomic E-state index is -1.08. The molecule has 3 amide bonds. The third-order valence-corrected chi connectivity index (χ3v) is 5.01. The summed E-state index contributed by atoms with van der Waals surface area (Å²) >= 11 is 0. The van der Waals surface area contributed by atoms with Crippen molar-refractivity contribution in [2.75, 3.05) is 6.54 Å². The van der Waals surface area contributed by atoms with Crippen molar-refractivity contribution in [2.45, 2.75) is 57.0 Å².